The van der Waals surface area contributed by atoms with Crippen LogP contribution >= 0.6 is 11.8 Å². The maximum atomic E-state index is 12.7. The third kappa shape index (κ3) is 4.61. The molecule has 1 atom stereocenters. The normalized spacial score (nSPS) is 19.1. The zero-order chi connectivity index (χ0) is 19.8. The Hall–Kier alpha value is -1.65. The molecule has 1 saturated heterocycles. The summed E-state index contributed by atoms with van der Waals surface area (Å²) in [5.41, 5.74) is 2.36. The molecule has 1 aliphatic heterocycles. The smallest absolute Gasteiger partial charge is 0.277 e. The number of nitrogens with one attached hydrogen (secondary N) is 1. The molecule has 27 heavy (non-hydrogen) atoms. The Kier molecular flexibility index (Phi) is 5.78. The van der Waals surface area contributed by atoms with Crippen LogP contribution < -0.4 is 4.90 Å². The van der Waals surface area contributed by atoms with Crippen LogP contribution in [-0.4, -0.2) is 60.3 Å². The van der Waals surface area contributed by atoms with E-state index in [-0.39, 0.29) is 29.1 Å². The van der Waals surface area contributed by atoms with Crippen LogP contribution in [0.1, 0.15) is 40.1 Å². The predicted molar refractivity (Wildman–Crippen MR) is 102 cm³/mol. The largest absolute Gasteiger partial charge is 0.410 e. The van der Waals surface area contributed by atoms with Gasteiger partial charge < -0.3 is 13.9 Å². The van der Waals surface area contributed by atoms with E-state index in [2.05, 4.69) is 10.2 Å². The molecule has 3 rings (SSSR count). The number of nitrogens with zero attached hydrogens (tertiary/aromatic N) is 3. The van der Waals surface area contributed by atoms with Gasteiger partial charge in [0.15, 0.2) is 22.2 Å². The van der Waals surface area contributed by atoms with Crippen LogP contribution in [0.2, 0.25) is 0 Å². The first-order chi connectivity index (χ1) is 12.7. The summed E-state index contributed by atoms with van der Waals surface area (Å²) in [6, 6.07) is 1.76. The molecule has 2 aromatic heterocycles. The number of quaternary nitrogens is 1. The SMILES string of the molecule is Cc1cc(C(=O)CSc2nnc(C[NH+](C)C)o2)c(C)n1[C@@H]1CCS(=O)(=O)C1. The summed E-state index contributed by atoms with van der Waals surface area (Å²) in [5, 5.41) is 8.33. The molecular weight excluding hydrogens is 388 g/mol. The molecule has 0 unspecified atom stereocenters. The number of thioether (sulfide) groups is 1. The summed E-state index contributed by atoms with van der Waals surface area (Å²) < 4.78 is 31.1. The summed E-state index contributed by atoms with van der Waals surface area (Å²) in [7, 11) is 1.00. The molecule has 8 nitrogen and oxygen atoms in total. The van der Waals surface area contributed by atoms with Crippen LogP contribution in [-0.2, 0) is 16.4 Å². The van der Waals surface area contributed by atoms with Gasteiger partial charge in [-0.1, -0.05) is 11.8 Å². The van der Waals surface area contributed by atoms with Crippen LogP contribution in [0.25, 0.3) is 0 Å². The van der Waals surface area contributed by atoms with Crippen molar-refractivity contribution in [3.63, 3.8) is 0 Å². The quantitative estimate of drug-likeness (QED) is 0.520. The van der Waals surface area contributed by atoms with Gasteiger partial charge >= 0.3 is 0 Å². The fourth-order valence-electron chi connectivity index (χ4n) is 3.48. The van der Waals surface area contributed by atoms with Crippen molar-refractivity contribution in [1.29, 1.82) is 0 Å². The second-order valence-electron chi connectivity index (χ2n) is 7.27. The van der Waals surface area contributed by atoms with Crippen LogP contribution in [0.4, 0.5) is 0 Å². The molecule has 3 heterocycles. The Morgan fingerprint density at radius 2 is 2.11 bits per heavy atom. The number of ketones is 1. The molecule has 2 aromatic rings. The molecular formula is C17H25N4O4S2+. The molecule has 0 bridgehead atoms. The molecule has 0 spiro atoms. The molecule has 0 aromatic carbocycles. The van der Waals surface area contributed by atoms with E-state index in [9.17, 15) is 13.2 Å². The van der Waals surface area contributed by atoms with Gasteiger partial charge in [0, 0.05) is 23.0 Å². The van der Waals surface area contributed by atoms with E-state index >= 15 is 0 Å². The second kappa shape index (κ2) is 7.76. The minimum absolute atomic E-state index is 0.0295. The van der Waals surface area contributed by atoms with Gasteiger partial charge in [0.05, 0.1) is 31.4 Å². The number of Topliss-reactive ketones (excluding diaryl/α,β-unsaturated/α-hetero) is 1. The number of aryl methyl sites for hydroxylation is 1. The van der Waals surface area contributed by atoms with Gasteiger partial charge in [0.25, 0.3) is 11.1 Å². The van der Waals surface area contributed by atoms with E-state index in [4.69, 9.17) is 4.42 Å². The minimum Gasteiger partial charge on any atom is -0.410 e. The second-order valence-corrected chi connectivity index (χ2v) is 10.4. The molecule has 0 saturated carbocycles. The number of rotatable bonds is 7. The van der Waals surface area contributed by atoms with Crippen molar-refractivity contribution in [2.24, 2.45) is 0 Å². The first-order valence-corrected chi connectivity index (χ1v) is 11.6. The van der Waals surface area contributed by atoms with E-state index in [0.29, 0.717) is 29.6 Å². The van der Waals surface area contributed by atoms with Crippen molar-refractivity contribution in [3.8, 4) is 0 Å². The van der Waals surface area contributed by atoms with E-state index in [0.717, 1.165) is 11.4 Å². The van der Waals surface area contributed by atoms with Crippen molar-refractivity contribution in [1.82, 2.24) is 14.8 Å². The zero-order valence-electron chi connectivity index (χ0n) is 16.0. The van der Waals surface area contributed by atoms with Crippen LogP contribution in [0.5, 0.6) is 0 Å². The van der Waals surface area contributed by atoms with Gasteiger partial charge in [0.1, 0.15) is 0 Å². The van der Waals surface area contributed by atoms with Crippen molar-refractivity contribution >= 4 is 27.4 Å². The fraction of sp³-hybridized carbons (Fsp3) is 0.588. The first-order valence-electron chi connectivity index (χ1n) is 8.82. The Morgan fingerprint density at radius 3 is 2.74 bits per heavy atom. The molecule has 0 aliphatic carbocycles. The third-order valence-corrected chi connectivity index (χ3v) is 7.21. The number of sulfone groups is 1. The summed E-state index contributed by atoms with van der Waals surface area (Å²) in [4.78, 5) is 13.9. The number of aromatic nitrogens is 3. The lowest BCUT2D eigenvalue weighted by Crippen LogP contribution is -3.04. The number of carbonyl (C=O) groups excluding carboxylic acids is 1. The fourth-order valence-corrected chi connectivity index (χ4v) is 5.84. The van der Waals surface area contributed by atoms with Gasteiger partial charge in [-0.15, -0.1) is 10.2 Å². The molecule has 148 valence electrons. The number of carbonyl (C=O) groups is 1. The van der Waals surface area contributed by atoms with Crippen molar-refractivity contribution in [2.75, 3.05) is 31.4 Å². The minimum atomic E-state index is -2.98. The zero-order valence-corrected chi connectivity index (χ0v) is 17.6. The Labute approximate surface area is 163 Å². The van der Waals surface area contributed by atoms with Gasteiger partial charge in [-0.2, -0.15) is 0 Å². The Balaban J connectivity index is 1.69. The number of hydrogen-bond acceptors (Lipinski definition) is 7. The van der Waals surface area contributed by atoms with E-state index in [1.165, 1.54) is 16.7 Å². The van der Waals surface area contributed by atoms with Crippen molar-refractivity contribution in [3.05, 3.63) is 28.9 Å². The Morgan fingerprint density at radius 1 is 1.37 bits per heavy atom. The average Bonchev–Trinajstić information content (AvgIpc) is 3.23. The van der Waals surface area contributed by atoms with Gasteiger partial charge in [-0.05, 0) is 26.3 Å². The van der Waals surface area contributed by atoms with Crippen molar-refractivity contribution in [2.45, 2.75) is 38.1 Å². The highest BCUT2D eigenvalue weighted by molar-refractivity contribution is 7.99. The van der Waals surface area contributed by atoms with Crippen LogP contribution in [0, 0.1) is 13.8 Å². The maximum absolute atomic E-state index is 12.7. The third-order valence-electron chi connectivity index (χ3n) is 4.64. The molecule has 0 amide bonds. The van der Waals surface area contributed by atoms with E-state index in [1.807, 2.05) is 38.6 Å². The summed E-state index contributed by atoms with van der Waals surface area (Å²) in [6.07, 6.45) is 0.597. The van der Waals surface area contributed by atoms with E-state index in [1.54, 1.807) is 0 Å². The van der Waals surface area contributed by atoms with Gasteiger partial charge in [-0.25, -0.2) is 8.42 Å². The van der Waals surface area contributed by atoms with Gasteiger partial charge in [-0.3, -0.25) is 4.79 Å². The molecule has 1 aliphatic rings. The number of hydrogen-bond donors (Lipinski definition) is 1. The molecule has 1 fully saturated rings. The lowest BCUT2D eigenvalue weighted by atomic mass is 10.2. The molecule has 10 heteroatoms. The topological polar surface area (TPSA) is 99.5 Å². The molecule has 0 radical (unpaired) electrons. The molecule has 1 N–H and O–H groups in total. The van der Waals surface area contributed by atoms with Crippen LogP contribution in [0.3, 0.4) is 0 Å². The summed E-state index contributed by atoms with van der Waals surface area (Å²) in [5.74, 6) is 1.07. The first kappa shape index (κ1) is 20.1. The van der Waals surface area contributed by atoms with Crippen LogP contribution in [0.15, 0.2) is 15.7 Å². The highest BCUT2D eigenvalue weighted by Crippen LogP contribution is 2.30. The maximum Gasteiger partial charge on any atom is 0.277 e. The standard InChI is InChI=1S/C17H24N4O4S2/c1-11-7-14(12(2)21(11)13-5-6-27(23,24)10-13)15(22)9-26-17-19-18-16(25-17)8-20(3)4/h7,13H,5-6,8-10H2,1-4H3/p+1/t13-/m1/s1. The lowest BCUT2D eigenvalue weighted by Gasteiger charge is -2.16. The monoisotopic (exact) mass is 413 g/mol. The lowest BCUT2D eigenvalue weighted by molar-refractivity contribution is -0.874. The summed E-state index contributed by atoms with van der Waals surface area (Å²) >= 11 is 1.22. The highest BCUT2D eigenvalue weighted by atomic mass is 32.2. The summed E-state index contributed by atoms with van der Waals surface area (Å²) in [6.45, 7) is 4.42. The Bertz CT molecular complexity index is 946. The van der Waals surface area contributed by atoms with Crippen molar-refractivity contribution < 1.29 is 22.5 Å². The van der Waals surface area contributed by atoms with Gasteiger partial charge in [0.2, 0.25) is 0 Å². The average molecular weight is 414 g/mol. The van der Waals surface area contributed by atoms with E-state index < -0.39 is 9.84 Å². The highest BCUT2D eigenvalue weighted by Gasteiger charge is 2.31. The predicted octanol–water partition coefficient (Wildman–Crippen LogP) is 0.467.